The first-order valence-corrected chi connectivity index (χ1v) is 11.1. The molecule has 9 nitrogen and oxygen atoms in total. The van der Waals surface area contributed by atoms with Gasteiger partial charge in [0.25, 0.3) is 0 Å². The fourth-order valence-corrected chi connectivity index (χ4v) is 4.14. The molecule has 11 heteroatoms. The molecule has 162 valence electrons. The van der Waals surface area contributed by atoms with E-state index in [4.69, 9.17) is 4.52 Å². The fourth-order valence-electron chi connectivity index (χ4n) is 3.07. The quantitative estimate of drug-likeness (QED) is 0.310. The van der Waals surface area contributed by atoms with E-state index >= 15 is 0 Å². The van der Waals surface area contributed by atoms with Gasteiger partial charge in [0.15, 0.2) is 5.96 Å². The van der Waals surface area contributed by atoms with Crippen LogP contribution in [0.1, 0.15) is 32.2 Å². The maximum Gasteiger partial charge on any atom is 0.209 e. The number of piperazine rings is 1. The Hall–Kier alpha value is -0.920. The van der Waals surface area contributed by atoms with Crippen molar-refractivity contribution < 1.29 is 12.9 Å². The lowest BCUT2D eigenvalue weighted by Gasteiger charge is -2.36. The molecule has 28 heavy (non-hydrogen) atoms. The number of sulfonamides is 1. The van der Waals surface area contributed by atoms with Crippen molar-refractivity contribution in [3.8, 4) is 0 Å². The van der Waals surface area contributed by atoms with Gasteiger partial charge in [-0.15, -0.1) is 24.0 Å². The number of hydrogen-bond acceptors (Lipinski definition) is 6. The third-order valence-electron chi connectivity index (χ3n) is 4.15. The maximum absolute atomic E-state index is 11.5. The summed E-state index contributed by atoms with van der Waals surface area (Å²) in [5.41, 5.74) is 0.316. The average molecular weight is 528 g/mol. The molecule has 0 unspecified atom stereocenters. The van der Waals surface area contributed by atoms with E-state index in [-0.39, 0.29) is 24.0 Å². The molecule has 0 radical (unpaired) electrons. The normalized spacial score (nSPS) is 16.8. The van der Waals surface area contributed by atoms with E-state index in [0.29, 0.717) is 6.54 Å². The minimum Gasteiger partial charge on any atom is -0.361 e. The summed E-state index contributed by atoms with van der Waals surface area (Å²) < 4.78 is 30.8. The van der Waals surface area contributed by atoms with Gasteiger partial charge in [-0.1, -0.05) is 5.16 Å². The molecule has 1 aromatic rings. The number of aryl methyl sites for hydroxylation is 1. The van der Waals surface area contributed by atoms with Crippen LogP contribution in [0, 0.1) is 6.92 Å². The molecule has 0 aliphatic carbocycles. The van der Waals surface area contributed by atoms with Crippen LogP contribution >= 0.6 is 24.0 Å². The van der Waals surface area contributed by atoms with Crippen LogP contribution in [0.15, 0.2) is 15.6 Å². The highest BCUT2D eigenvalue weighted by atomic mass is 127. The molecule has 0 amide bonds. The summed E-state index contributed by atoms with van der Waals surface area (Å²) in [5, 5.41) is 7.37. The van der Waals surface area contributed by atoms with Gasteiger partial charge in [0, 0.05) is 50.9 Å². The number of aromatic nitrogens is 1. The van der Waals surface area contributed by atoms with Crippen LogP contribution in [0.2, 0.25) is 0 Å². The molecule has 0 atom stereocenters. The summed E-state index contributed by atoms with van der Waals surface area (Å²) >= 11 is 0. The van der Waals surface area contributed by atoms with E-state index in [1.54, 1.807) is 0 Å². The van der Waals surface area contributed by atoms with Crippen LogP contribution in [0.5, 0.6) is 0 Å². The predicted molar refractivity (Wildman–Crippen MR) is 122 cm³/mol. The Labute approximate surface area is 185 Å². The second kappa shape index (κ2) is 10.7. The number of halogens is 1. The van der Waals surface area contributed by atoms with Gasteiger partial charge in [0.05, 0.1) is 18.5 Å². The minimum absolute atomic E-state index is 0. The van der Waals surface area contributed by atoms with Gasteiger partial charge >= 0.3 is 0 Å². The molecule has 1 fully saturated rings. The molecule has 2 N–H and O–H groups in total. The number of guanidine groups is 1. The molecule has 1 aliphatic rings. The second-order valence-electron chi connectivity index (χ2n) is 7.62. The van der Waals surface area contributed by atoms with E-state index in [0.717, 1.165) is 56.7 Å². The molecular weight excluding hydrogens is 495 g/mol. The first-order chi connectivity index (χ1) is 12.6. The number of rotatable bonds is 7. The number of hydrogen-bond donors (Lipinski definition) is 2. The molecule has 1 saturated heterocycles. The van der Waals surface area contributed by atoms with Gasteiger partial charge in [-0.3, -0.25) is 9.89 Å². The fraction of sp³-hybridized carbons (Fsp3) is 0.765. The van der Waals surface area contributed by atoms with Crippen molar-refractivity contribution in [1.82, 2.24) is 25.0 Å². The Morgan fingerprint density at radius 2 is 1.96 bits per heavy atom. The van der Waals surface area contributed by atoms with Gasteiger partial charge < -0.3 is 14.7 Å². The monoisotopic (exact) mass is 528 g/mol. The van der Waals surface area contributed by atoms with Crippen molar-refractivity contribution >= 4 is 40.0 Å². The van der Waals surface area contributed by atoms with E-state index in [2.05, 4.69) is 30.0 Å². The van der Waals surface area contributed by atoms with Gasteiger partial charge in [-0.25, -0.2) is 13.1 Å². The zero-order valence-electron chi connectivity index (χ0n) is 17.4. The lowest BCUT2D eigenvalue weighted by Crippen LogP contribution is -2.53. The standard InChI is InChI=1S/C17H32N6O3S.HI/c1-6-18-16(19-13-17(3,4)21-27(5,24)25)23-9-7-22(8-10-23)12-15-11-14(2)26-20-15;/h11,21H,6-10,12-13H2,1-5H3,(H,18,19);1H. The Morgan fingerprint density at radius 3 is 2.46 bits per heavy atom. The SMILES string of the molecule is CCNC(=NCC(C)(C)NS(C)(=O)=O)N1CCN(Cc2cc(C)on2)CC1.I. The maximum atomic E-state index is 11.5. The Bertz CT molecular complexity index is 742. The smallest absolute Gasteiger partial charge is 0.209 e. The third kappa shape index (κ3) is 8.62. The Morgan fingerprint density at radius 1 is 1.32 bits per heavy atom. The lowest BCUT2D eigenvalue weighted by molar-refractivity contribution is 0.168. The molecule has 0 aromatic carbocycles. The van der Waals surface area contributed by atoms with Gasteiger partial charge in [0.1, 0.15) is 5.76 Å². The highest BCUT2D eigenvalue weighted by Crippen LogP contribution is 2.10. The van der Waals surface area contributed by atoms with Crippen molar-refractivity contribution in [2.75, 3.05) is 45.5 Å². The lowest BCUT2D eigenvalue weighted by atomic mass is 10.1. The topological polar surface area (TPSA) is 103 Å². The molecule has 2 heterocycles. The summed E-state index contributed by atoms with van der Waals surface area (Å²) in [5.74, 6) is 1.65. The van der Waals surface area contributed by atoms with E-state index in [9.17, 15) is 8.42 Å². The highest BCUT2D eigenvalue weighted by Gasteiger charge is 2.24. The summed E-state index contributed by atoms with van der Waals surface area (Å²) in [7, 11) is -3.28. The molecular formula is C17H33IN6O3S. The molecule has 2 rings (SSSR count). The van der Waals surface area contributed by atoms with Crippen molar-refractivity contribution in [3.63, 3.8) is 0 Å². The summed E-state index contributed by atoms with van der Waals surface area (Å²) in [6.45, 7) is 13.0. The predicted octanol–water partition coefficient (Wildman–Crippen LogP) is 1.01. The zero-order valence-corrected chi connectivity index (χ0v) is 20.5. The van der Waals surface area contributed by atoms with Crippen molar-refractivity contribution in [2.45, 2.75) is 39.8 Å². The van der Waals surface area contributed by atoms with E-state index in [1.807, 2.05) is 33.8 Å². The number of aliphatic imine (C=N–C) groups is 1. The minimum atomic E-state index is -3.28. The molecule has 1 aliphatic heterocycles. The van der Waals surface area contributed by atoms with Gasteiger partial charge in [-0.05, 0) is 27.7 Å². The van der Waals surface area contributed by atoms with E-state index in [1.165, 1.54) is 6.26 Å². The van der Waals surface area contributed by atoms with Crippen molar-refractivity contribution in [1.29, 1.82) is 0 Å². The zero-order chi connectivity index (χ0) is 20.1. The largest absolute Gasteiger partial charge is 0.361 e. The van der Waals surface area contributed by atoms with Crippen molar-refractivity contribution in [3.05, 3.63) is 17.5 Å². The van der Waals surface area contributed by atoms with Crippen LogP contribution in [0.4, 0.5) is 0 Å². The summed E-state index contributed by atoms with van der Waals surface area (Å²) in [4.78, 5) is 9.22. The van der Waals surface area contributed by atoms with Crippen molar-refractivity contribution in [2.24, 2.45) is 4.99 Å². The van der Waals surface area contributed by atoms with Crippen LogP contribution in [0.3, 0.4) is 0 Å². The second-order valence-corrected chi connectivity index (χ2v) is 9.37. The first kappa shape index (κ1) is 25.1. The summed E-state index contributed by atoms with van der Waals surface area (Å²) in [6, 6.07) is 1.97. The molecule has 0 bridgehead atoms. The average Bonchev–Trinajstić information content (AvgIpc) is 2.95. The van der Waals surface area contributed by atoms with Crippen LogP contribution < -0.4 is 10.0 Å². The number of nitrogens with zero attached hydrogens (tertiary/aromatic N) is 4. The highest BCUT2D eigenvalue weighted by molar-refractivity contribution is 14.0. The summed E-state index contributed by atoms with van der Waals surface area (Å²) in [6.07, 6.45) is 1.17. The molecule has 0 saturated carbocycles. The molecule has 1 aromatic heterocycles. The first-order valence-electron chi connectivity index (χ1n) is 9.25. The van der Waals surface area contributed by atoms with Crippen LogP contribution in [-0.2, 0) is 16.6 Å². The van der Waals surface area contributed by atoms with Crippen LogP contribution in [-0.4, -0.2) is 80.4 Å². The van der Waals surface area contributed by atoms with Gasteiger partial charge in [0.2, 0.25) is 10.0 Å². The molecule has 0 spiro atoms. The Balaban J connectivity index is 0.00000392. The van der Waals surface area contributed by atoms with Gasteiger partial charge in [-0.2, -0.15) is 0 Å². The van der Waals surface area contributed by atoms with E-state index < -0.39 is 15.6 Å². The number of nitrogens with one attached hydrogen (secondary N) is 2. The van der Waals surface area contributed by atoms with Crippen LogP contribution in [0.25, 0.3) is 0 Å². The third-order valence-corrected chi connectivity index (χ3v) is 5.08. The Kier molecular flexibility index (Phi) is 9.64.